The van der Waals surface area contributed by atoms with Crippen LogP contribution in [0.2, 0.25) is 0 Å². The molecule has 0 amide bonds. The Morgan fingerprint density at radius 1 is 1.12 bits per heavy atom. The molecule has 0 N–H and O–H groups in total. The number of benzene rings is 2. The standard InChI is InChI=1S/C20H22O3S/c1-15-7-10-18(11-8-15)24(22)14-13-19-16(2)5-4-6-17(19)9-12-20(21)23-3/h4-12H,13-14H2,1-3H3/b12-9+. The second-order valence-electron chi connectivity index (χ2n) is 5.61. The van der Waals surface area contributed by atoms with Gasteiger partial charge in [-0.25, -0.2) is 4.79 Å². The monoisotopic (exact) mass is 342 g/mol. The van der Waals surface area contributed by atoms with Crippen molar-refractivity contribution in [3.05, 3.63) is 70.8 Å². The summed E-state index contributed by atoms with van der Waals surface area (Å²) in [6.07, 6.45) is 3.85. The molecule has 126 valence electrons. The fourth-order valence-electron chi connectivity index (χ4n) is 2.45. The van der Waals surface area contributed by atoms with E-state index in [1.165, 1.54) is 13.2 Å². The first-order valence-electron chi connectivity index (χ1n) is 7.81. The van der Waals surface area contributed by atoms with Crippen molar-refractivity contribution in [2.24, 2.45) is 0 Å². The van der Waals surface area contributed by atoms with E-state index in [9.17, 15) is 9.00 Å². The Balaban J connectivity index is 2.14. The third-order valence-electron chi connectivity index (χ3n) is 3.87. The molecule has 3 nitrogen and oxygen atoms in total. The van der Waals surface area contributed by atoms with E-state index in [0.29, 0.717) is 12.2 Å². The van der Waals surface area contributed by atoms with E-state index in [2.05, 4.69) is 4.74 Å². The smallest absolute Gasteiger partial charge is 0.330 e. The zero-order chi connectivity index (χ0) is 17.5. The summed E-state index contributed by atoms with van der Waals surface area (Å²) >= 11 is 0. The maximum absolute atomic E-state index is 12.5. The van der Waals surface area contributed by atoms with E-state index in [1.54, 1.807) is 6.08 Å². The zero-order valence-corrected chi connectivity index (χ0v) is 15.1. The first-order chi connectivity index (χ1) is 11.5. The summed E-state index contributed by atoms with van der Waals surface area (Å²) in [6, 6.07) is 13.7. The van der Waals surface area contributed by atoms with Gasteiger partial charge in [0.05, 0.1) is 17.9 Å². The third-order valence-corrected chi connectivity index (χ3v) is 5.24. The Labute approximate surface area is 145 Å². The molecule has 2 aromatic rings. The summed E-state index contributed by atoms with van der Waals surface area (Å²) in [7, 11) is 0.317. The van der Waals surface area contributed by atoms with Gasteiger partial charge in [-0.1, -0.05) is 35.9 Å². The number of hydrogen-bond acceptors (Lipinski definition) is 3. The molecular formula is C20H22O3S. The zero-order valence-electron chi connectivity index (χ0n) is 14.2. The van der Waals surface area contributed by atoms with E-state index < -0.39 is 10.8 Å². The highest BCUT2D eigenvalue weighted by Gasteiger charge is 2.08. The highest BCUT2D eigenvalue weighted by atomic mass is 32.2. The van der Waals surface area contributed by atoms with Gasteiger partial charge in [0, 0.05) is 16.7 Å². The fraction of sp³-hybridized carbons (Fsp3) is 0.250. The molecule has 0 spiro atoms. The molecule has 0 saturated heterocycles. The van der Waals surface area contributed by atoms with Crippen LogP contribution in [0.15, 0.2) is 53.4 Å². The van der Waals surface area contributed by atoms with Gasteiger partial charge >= 0.3 is 5.97 Å². The summed E-state index contributed by atoms with van der Waals surface area (Å²) in [4.78, 5) is 12.2. The van der Waals surface area contributed by atoms with E-state index in [-0.39, 0.29) is 5.97 Å². The van der Waals surface area contributed by atoms with Crippen LogP contribution in [0, 0.1) is 13.8 Å². The quantitative estimate of drug-likeness (QED) is 0.592. The number of carbonyl (C=O) groups is 1. The van der Waals surface area contributed by atoms with Gasteiger partial charge in [-0.05, 0) is 55.2 Å². The van der Waals surface area contributed by atoms with Crippen molar-refractivity contribution in [3.8, 4) is 0 Å². The molecule has 24 heavy (non-hydrogen) atoms. The normalized spacial score (nSPS) is 12.3. The van der Waals surface area contributed by atoms with Crippen molar-refractivity contribution in [2.75, 3.05) is 12.9 Å². The Morgan fingerprint density at radius 2 is 1.83 bits per heavy atom. The second-order valence-corrected chi connectivity index (χ2v) is 7.18. The largest absolute Gasteiger partial charge is 0.466 e. The Morgan fingerprint density at radius 3 is 2.50 bits per heavy atom. The van der Waals surface area contributed by atoms with Crippen LogP contribution in [0.1, 0.15) is 22.3 Å². The van der Waals surface area contributed by atoms with Crippen molar-refractivity contribution in [3.63, 3.8) is 0 Å². The fourth-order valence-corrected chi connectivity index (χ4v) is 3.52. The van der Waals surface area contributed by atoms with Gasteiger partial charge in [0.2, 0.25) is 0 Å². The van der Waals surface area contributed by atoms with Crippen LogP contribution in [-0.4, -0.2) is 23.0 Å². The van der Waals surface area contributed by atoms with Crippen LogP contribution in [0.4, 0.5) is 0 Å². The average molecular weight is 342 g/mol. The summed E-state index contributed by atoms with van der Waals surface area (Å²) in [6.45, 7) is 4.04. The van der Waals surface area contributed by atoms with Gasteiger partial charge in [0.15, 0.2) is 0 Å². The van der Waals surface area contributed by atoms with E-state index >= 15 is 0 Å². The Hall–Kier alpha value is -2.20. The topological polar surface area (TPSA) is 43.4 Å². The van der Waals surface area contributed by atoms with Crippen molar-refractivity contribution in [2.45, 2.75) is 25.2 Å². The molecule has 2 rings (SSSR count). The minimum absolute atomic E-state index is 0.384. The van der Waals surface area contributed by atoms with Gasteiger partial charge in [0.25, 0.3) is 0 Å². The van der Waals surface area contributed by atoms with E-state index in [0.717, 1.165) is 27.1 Å². The molecular weight excluding hydrogens is 320 g/mol. The number of esters is 1. The van der Waals surface area contributed by atoms with Gasteiger partial charge in [-0.2, -0.15) is 0 Å². The molecule has 2 aromatic carbocycles. The van der Waals surface area contributed by atoms with Gasteiger partial charge < -0.3 is 4.74 Å². The maximum Gasteiger partial charge on any atom is 0.330 e. The first-order valence-corrected chi connectivity index (χ1v) is 9.12. The van der Waals surface area contributed by atoms with Crippen LogP contribution in [-0.2, 0) is 26.8 Å². The van der Waals surface area contributed by atoms with Crippen LogP contribution in [0.25, 0.3) is 6.08 Å². The number of hydrogen-bond donors (Lipinski definition) is 0. The highest BCUT2D eigenvalue weighted by molar-refractivity contribution is 7.85. The molecule has 4 heteroatoms. The van der Waals surface area contributed by atoms with E-state index in [4.69, 9.17) is 0 Å². The molecule has 0 aliphatic rings. The molecule has 0 aliphatic heterocycles. The molecule has 0 heterocycles. The summed E-state index contributed by atoms with van der Waals surface area (Å²) in [5.74, 6) is 0.165. The van der Waals surface area contributed by atoms with Crippen molar-refractivity contribution >= 4 is 22.8 Å². The number of carbonyl (C=O) groups excluding carboxylic acids is 1. The van der Waals surface area contributed by atoms with Crippen LogP contribution in [0.5, 0.6) is 0 Å². The van der Waals surface area contributed by atoms with Crippen LogP contribution < -0.4 is 0 Å². The number of aryl methyl sites for hydroxylation is 2. The van der Waals surface area contributed by atoms with Crippen molar-refractivity contribution in [1.82, 2.24) is 0 Å². The molecule has 0 radical (unpaired) electrons. The summed E-state index contributed by atoms with van der Waals surface area (Å²) < 4.78 is 17.1. The van der Waals surface area contributed by atoms with Gasteiger partial charge in [0.1, 0.15) is 0 Å². The predicted molar refractivity (Wildman–Crippen MR) is 98.4 cm³/mol. The summed E-state index contributed by atoms with van der Waals surface area (Å²) in [5.41, 5.74) is 4.35. The average Bonchev–Trinajstić information content (AvgIpc) is 2.59. The van der Waals surface area contributed by atoms with Gasteiger partial charge in [-0.3, -0.25) is 4.21 Å². The lowest BCUT2D eigenvalue weighted by molar-refractivity contribution is -0.134. The lowest BCUT2D eigenvalue weighted by Gasteiger charge is -2.10. The molecule has 0 fully saturated rings. The minimum atomic E-state index is -1.04. The first kappa shape index (κ1) is 18.1. The van der Waals surface area contributed by atoms with Crippen molar-refractivity contribution < 1.29 is 13.7 Å². The molecule has 0 bridgehead atoms. The number of methoxy groups -OCH3 is 1. The second kappa shape index (κ2) is 8.60. The lowest BCUT2D eigenvalue weighted by Crippen LogP contribution is -2.05. The lowest BCUT2D eigenvalue weighted by atomic mass is 9.99. The minimum Gasteiger partial charge on any atom is -0.466 e. The molecule has 0 saturated carbocycles. The van der Waals surface area contributed by atoms with Crippen LogP contribution in [0.3, 0.4) is 0 Å². The number of rotatable bonds is 6. The highest BCUT2D eigenvalue weighted by Crippen LogP contribution is 2.18. The number of ether oxygens (including phenoxy) is 1. The van der Waals surface area contributed by atoms with Gasteiger partial charge in [-0.15, -0.1) is 0 Å². The van der Waals surface area contributed by atoms with E-state index in [1.807, 2.05) is 56.3 Å². The molecule has 1 unspecified atom stereocenters. The van der Waals surface area contributed by atoms with Crippen molar-refractivity contribution in [1.29, 1.82) is 0 Å². The Bertz CT molecular complexity index is 761. The predicted octanol–water partition coefficient (Wildman–Crippen LogP) is 3.84. The third kappa shape index (κ3) is 4.90. The maximum atomic E-state index is 12.5. The van der Waals surface area contributed by atoms with Crippen LogP contribution >= 0.6 is 0 Å². The SMILES string of the molecule is COC(=O)/C=C/c1cccc(C)c1CCS(=O)c1ccc(C)cc1. The summed E-state index contributed by atoms with van der Waals surface area (Å²) in [5, 5.41) is 0. The molecule has 0 aliphatic carbocycles. The molecule has 0 aromatic heterocycles. The Kier molecular flexibility index (Phi) is 6.50. The molecule has 1 atom stereocenters.